The molecule has 0 spiro atoms. The van der Waals surface area contributed by atoms with Crippen LogP contribution in [0.1, 0.15) is 33.3 Å². The van der Waals surface area contributed by atoms with Gasteiger partial charge in [0.25, 0.3) is 0 Å². The van der Waals surface area contributed by atoms with Crippen molar-refractivity contribution in [3.05, 3.63) is 54.1 Å². The van der Waals surface area contributed by atoms with Gasteiger partial charge in [0.15, 0.2) is 0 Å². The van der Waals surface area contributed by atoms with E-state index in [0.717, 1.165) is 10.6 Å². The number of ether oxygens (including phenoxy) is 1. The highest BCUT2D eigenvalue weighted by atomic mass is 32.2. The van der Waals surface area contributed by atoms with Gasteiger partial charge in [0, 0.05) is 4.88 Å². The summed E-state index contributed by atoms with van der Waals surface area (Å²) >= 11 is 3.30. The van der Waals surface area contributed by atoms with E-state index in [-0.39, 0.29) is 5.97 Å². The first-order valence-electron chi connectivity index (χ1n) is 8.93. The molecule has 3 rings (SSSR count). The highest BCUT2D eigenvalue weighted by Gasteiger charge is 2.31. The first-order valence-corrected chi connectivity index (χ1v) is 10.6. The molecule has 4 heteroatoms. The van der Waals surface area contributed by atoms with Gasteiger partial charge >= 0.3 is 5.97 Å². The molecule has 0 aliphatic carbocycles. The molecule has 1 aromatic heterocycles. The summed E-state index contributed by atoms with van der Waals surface area (Å²) in [6.45, 7) is 8.28. The molecule has 0 saturated heterocycles. The molecule has 2 nitrogen and oxygen atoms in total. The predicted molar refractivity (Wildman–Crippen MR) is 113 cm³/mol. The van der Waals surface area contributed by atoms with E-state index in [1.54, 1.807) is 23.1 Å². The van der Waals surface area contributed by atoms with Gasteiger partial charge in [0.2, 0.25) is 0 Å². The maximum atomic E-state index is 12.2. The minimum absolute atomic E-state index is 0.169. The lowest BCUT2D eigenvalue weighted by Crippen LogP contribution is -2.29. The van der Waals surface area contributed by atoms with Gasteiger partial charge in [0.05, 0.1) is 10.8 Å². The molecular weight excluding hydrogens is 360 g/mol. The lowest BCUT2D eigenvalue weighted by atomic mass is 9.97. The molecule has 136 valence electrons. The number of rotatable bonds is 6. The van der Waals surface area contributed by atoms with Crippen molar-refractivity contribution in [2.24, 2.45) is 0 Å². The first kappa shape index (κ1) is 19.0. The molecule has 0 aliphatic heterocycles. The van der Waals surface area contributed by atoms with Crippen LogP contribution in [0.2, 0.25) is 0 Å². The Kier molecular flexibility index (Phi) is 5.73. The van der Waals surface area contributed by atoms with E-state index in [9.17, 15) is 4.79 Å². The fraction of sp³-hybridized carbons (Fsp3) is 0.318. The number of thioether (sulfide) groups is 1. The Morgan fingerprint density at radius 3 is 2.46 bits per heavy atom. The summed E-state index contributed by atoms with van der Waals surface area (Å²) < 4.78 is 5.73. The SMILES string of the molecule is CCOC(=O)C(C)(C)Sc1ccc(-c2ccc(CC)c3ccccc23)s1. The van der Waals surface area contributed by atoms with Gasteiger partial charge in [-0.15, -0.1) is 11.3 Å². The third-order valence-electron chi connectivity index (χ3n) is 4.36. The number of hydrogen-bond acceptors (Lipinski definition) is 4. The average molecular weight is 385 g/mol. The van der Waals surface area contributed by atoms with Crippen LogP contribution in [0, 0.1) is 0 Å². The van der Waals surface area contributed by atoms with Gasteiger partial charge < -0.3 is 4.74 Å². The number of thiophene rings is 1. The molecule has 0 N–H and O–H groups in total. The molecular formula is C22H24O2S2. The molecule has 0 aliphatic rings. The Hall–Kier alpha value is -1.78. The summed E-state index contributed by atoms with van der Waals surface area (Å²) in [6.07, 6.45) is 1.03. The van der Waals surface area contributed by atoms with E-state index in [2.05, 4.69) is 55.5 Å². The Morgan fingerprint density at radius 2 is 1.77 bits per heavy atom. The van der Waals surface area contributed by atoms with Crippen molar-refractivity contribution in [3.63, 3.8) is 0 Å². The van der Waals surface area contributed by atoms with Crippen molar-refractivity contribution in [3.8, 4) is 10.4 Å². The van der Waals surface area contributed by atoms with Gasteiger partial charge in [-0.05, 0) is 61.2 Å². The Balaban J connectivity index is 1.94. The zero-order chi connectivity index (χ0) is 18.7. The summed E-state index contributed by atoms with van der Waals surface area (Å²) in [5.41, 5.74) is 2.63. The van der Waals surface area contributed by atoms with Crippen molar-refractivity contribution in [1.29, 1.82) is 0 Å². The predicted octanol–water partition coefficient (Wildman–Crippen LogP) is 6.56. The smallest absolute Gasteiger partial charge is 0.322 e. The van der Waals surface area contributed by atoms with E-state index in [4.69, 9.17) is 4.74 Å². The maximum Gasteiger partial charge on any atom is 0.322 e. The van der Waals surface area contributed by atoms with E-state index < -0.39 is 4.75 Å². The second kappa shape index (κ2) is 7.85. The minimum Gasteiger partial charge on any atom is -0.465 e. The minimum atomic E-state index is -0.591. The van der Waals surface area contributed by atoms with Crippen molar-refractivity contribution in [1.82, 2.24) is 0 Å². The van der Waals surface area contributed by atoms with Gasteiger partial charge in [-0.25, -0.2) is 0 Å². The monoisotopic (exact) mass is 384 g/mol. The van der Waals surface area contributed by atoms with Crippen LogP contribution in [0.5, 0.6) is 0 Å². The van der Waals surface area contributed by atoms with Gasteiger partial charge in [-0.2, -0.15) is 0 Å². The topological polar surface area (TPSA) is 26.3 Å². The zero-order valence-electron chi connectivity index (χ0n) is 15.7. The molecule has 2 aromatic carbocycles. The number of hydrogen-bond donors (Lipinski definition) is 0. The molecule has 0 amide bonds. The lowest BCUT2D eigenvalue weighted by molar-refractivity contribution is -0.145. The Labute approximate surface area is 163 Å². The van der Waals surface area contributed by atoms with Gasteiger partial charge in [-0.3, -0.25) is 4.79 Å². The first-order chi connectivity index (χ1) is 12.5. The third-order valence-corrected chi connectivity index (χ3v) is 6.79. The molecule has 1 heterocycles. The standard InChI is InChI=1S/C22H24O2S2/c1-5-15-11-12-18(17-10-8-7-9-16(15)17)19-13-14-20(25-19)26-22(3,4)21(23)24-6-2/h7-14H,5-6H2,1-4H3. The second-order valence-electron chi connectivity index (χ2n) is 6.62. The molecule has 0 fully saturated rings. The molecule has 0 saturated carbocycles. The normalized spacial score (nSPS) is 11.7. The van der Waals surface area contributed by atoms with Crippen LogP contribution < -0.4 is 0 Å². The van der Waals surface area contributed by atoms with Crippen LogP contribution in [0.15, 0.2) is 52.7 Å². The third kappa shape index (κ3) is 3.81. The van der Waals surface area contributed by atoms with Crippen molar-refractivity contribution in [2.75, 3.05) is 6.61 Å². The maximum absolute atomic E-state index is 12.2. The van der Waals surface area contributed by atoms with Crippen molar-refractivity contribution >= 4 is 39.8 Å². The van der Waals surface area contributed by atoms with Crippen LogP contribution in [0.25, 0.3) is 21.2 Å². The fourth-order valence-corrected chi connectivity index (χ4v) is 5.62. The van der Waals surface area contributed by atoms with Crippen molar-refractivity contribution < 1.29 is 9.53 Å². The van der Waals surface area contributed by atoms with E-state index in [0.29, 0.717) is 6.61 Å². The largest absolute Gasteiger partial charge is 0.465 e. The molecule has 0 radical (unpaired) electrons. The van der Waals surface area contributed by atoms with E-state index >= 15 is 0 Å². The van der Waals surface area contributed by atoms with Crippen LogP contribution in [0.4, 0.5) is 0 Å². The molecule has 3 aromatic rings. The Morgan fingerprint density at radius 1 is 1.04 bits per heavy atom. The summed E-state index contributed by atoms with van der Waals surface area (Å²) in [7, 11) is 0. The number of benzene rings is 2. The van der Waals surface area contributed by atoms with Gasteiger partial charge in [0.1, 0.15) is 4.75 Å². The number of esters is 1. The average Bonchev–Trinajstić information content (AvgIpc) is 3.08. The quantitative estimate of drug-likeness (QED) is 0.355. The Bertz CT molecular complexity index is 925. The summed E-state index contributed by atoms with van der Waals surface area (Å²) in [6, 6.07) is 17.3. The van der Waals surface area contributed by atoms with E-state index in [1.165, 1.54) is 26.8 Å². The molecule has 0 unspecified atom stereocenters. The number of fused-ring (bicyclic) bond motifs is 1. The molecule has 0 bridgehead atoms. The van der Waals surface area contributed by atoms with E-state index in [1.807, 2.05) is 20.8 Å². The van der Waals surface area contributed by atoms with Crippen molar-refractivity contribution in [2.45, 2.75) is 43.1 Å². The fourth-order valence-electron chi connectivity index (χ4n) is 3.00. The van der Waals surface area contributed by atoms with Crippen LogP contribution in [-0.4, -0.2) is 17.3 Å². The summed E-state index contributed by atoms with van der Waals surface area (Å²) in [5.74, 6) is -0.169. The van der Waals surface area contributed by atoms with Crippen LogP contribution in [0.3, 0.4) is 0 Å². The lowest BCUT2D eigenvalue weighted by Gasteiger charge is -2.20. The highest BCUT2D eigenvalue weighted by Crippen LogP contribution is 2.42. The molecule has 26 heavy (non-hydrogen) atoms. The summed E-state index contributed by atoms with van der Waals surface area (Å²) in [5, 5.41) is 2.61. The molecule has 0 atom stereocenters. The van der Waals surface area contributed by atoms with Gasteiger partial charge in [-0.1, -0.05) is 55.1 Å². The second-order valence-corrected chi connectivity index (χ2v) is 9.63. The zero-order valence-corrected chi connectivity index (χ0v) is 17.3. The number of carbonyl (C=O) groups is 1. The number of aryl methyl sites for hydroxylation is 1. The highest BCUT2D eigenvalue weighted by molar-refractivity contribution is 8.03. The summed E-state index contributed by atoms with van der Waals surface area (Å²) in [4.78, 5) is 13.4. The number of carbonyl (C=O) groups excluding carboxylic acids is 1. The van der Waals surface area contributed by atoms with Crippen LogP contribution in [-0.2, 0) is 16.0 Å². The van der Waals surface area contributed by atoms with Crippen LogP contribution >= 0.6 is 23.1 Å².